The summed E-state index contributed by atoms with van der Waals surface area (Å²) in [4.78, 5) is 0.635. The summed E-state index contributed by atoms with van der Waals surface area (Å²) in [7, 11) is 0. The summed E-state index contributed by atoms with van der Waals surface area (Å²) in [6, 6.07) is 10.6. The number of alkyl halides is 1. The Bertz CT molecular complexity index is 287. The summed E-state index contributed by atoms with van der Waals surface area (Å²) in [5.41, 5.74) is 2.98. The molecule has 0 bridgehead atoms. The lowest BCUT2D eigenvalue weighted by Gasteiger charge is -2.20. The summed E-state index contributed by atoms with van der Waals surface area (Å²) in [5, 5.41) is 0. The van der Waals surface area contributed by atoms with Crippen LogP contribution in [0.15, 0.2) is 42.0 Å². The number of benzene rings is 1. The molecule has 1 atom stereocenters. The van der Waals surface area contributed by atoms with Gasteiger partial charge in [0.25, 0.3) is 0 Å². The molecule has 0 fully saturated rings. The Morgan fingerprint density at radius 2 is 1.92 bits per heavy atom. The van der Waals surface area contributed by atoms with Crippen LogP contribution in [0, 0.1) is 0 Å². The molecule has 1 aromatic rings. The van der Waals surface area contributed by atoms with Gasteiger partial charge in [-0.2, -0.15) is 0 Å². The molecule has 1 heteroatoms. The molecule has 1 aliphatic rings. The standard InChI is InChI=1S/C11H11Br/c12-11-7-10(8-11)6-9-4-2-1-3-5-9/h1-5,7,11H,6,8H2. The van der Waals surface area contributed by atoms with Gasteiger partial charge in [0, 0.05) is 4.83 Å². The maximum atomic E-state index is 3.54. The van der Waals surface area contributed by atoms with E-state index in [1.165, 1.54) is 12.0 Å². The highest BCUT2D eigenvalue weighted by atomic mass is 79.9. The second-order valence-electron chi connectivity index (χ2n) is 3.21. The van der Waals surface area contributed by atoms with Crippen LogP contribution >= 0.6 is 15.9 Å². The zero-order valence-electron chi connectivity index (χ0n) is 6.83. The molecule has 0 nitrogen and oxygen atoms in total. The fourth-order valence-corrected chi connectivity index (χ4v) is 2.25. The van der Waals surface area contributed by atoms with Crippen molar-refractivity contribution in [1.29, 1.82) is 0 Å². The first-order chi connectivity index (χ1) is 5.84. The van der Waals surface area contributed by atoms with E-state index in [9.17, 15) is 0 Å². The molecule has 0 N–H and O–H groups in total. The van der Waals surface area contributed by atoms with Gasteiger partial charge in [-0.3, -0.25) is 0 Å². The highest BCUT2D eigenvalue weighted by Crippen LogP contribution is 2.28. The minimum absolute atomic E-state index is 0.635. The summed E-state index contributed by atoms with van der Waals surface area (Å²) < 4.78 is 0. The van der Waals surface area contributed by atoms with Crippen molar-refractivity contribution in [2.45, 2.75) is 17.7 Å². The molecule has 0 spiro atoms. The van der Waals surface area contributed by atoms with E-state index in [0.29, 0.717) is 4.83 Å². The average Bonchev–Trinajstić information content (AvgIpc) is 2.04. The van der Waals surface area contributed by atoms with Crippen molar-refractivity contribution in [3.05, 3.63) is 47.5 Å². The van der Waals surface area contributed by atoms with Gasteiger partial charge in [0.15, 0.2) is 0 Å². The lowest BCUT2D eigenvalue weighted by atomic mass is 9.92. The molecule has 0 radical (unpaired) electrons. The lowest BCUT2D eigenvalue weighted by molar-refractivity contribution is 0.856. The highest BCUT2D eigenvalue weighted by Gasteiger charge is 2.15. The van der Waals surface area contributed by atoms with Crippen molar-refractivity contribution in [1.82, 2.24) is 0 Å². The molecule has 0 aliphatic heterocycles. The zero-order valence-corrected chi connectivity index (χ0v) is 8.42. The maximum Gasteiger partial charge on any atom is 0.0365 e. The first-order valence-electron chi connectivity index (χ1n) is 4.22. The third-order valence-electron chi connectivity index (χ3n) is 2.15. The van der Waals surface area contributed by atoms with Crippen LogP contribution in [0.2, 0.25) is 0 Å². The van der Waals surface area contributed by atoms with Crippen LogP contribution in [-0.4, -0.2) is 4.83 Å². The van der Waals surface area contributed by atoms with Gasteiger partial charge in [-0.15, -0.1) is 0 Å². The topological polar surface area (TPSA) is 0 Å². The van der Waals surface area contributed by atoms with Gasteiger partial charge < -0.3 is 0 Å². The molecular formula is C11H11Br. The molecule has 62 valence electrons. The van der Waals surface area contributed by atoms with Crippen molar-refractivity contribution >= 4 is 15.9 Å². The van der Waals surface area contributed by atoms with Gasteiger partial charge in [0.2, 0.25) is 0 Å². The molecule has 12 heavy (non-hydrogen) atoms. The van der Waals surface area contributed by atoms with Crippen LogP contribution in [0.1, 0.15) is 12.0 Å². The minimum atomic E-state index is 0.635. The first-order valence-corrected chi connectivity index (χ1v) is 5.14. The molecule has 0 heterocycles. The van der Waals surface area contributed by atoms with E-state index in [1.54, 1.807) is 5.57 Å². The molecular weight excluding hydrogens is 212 g/mol. The normalized spacial score (nSPS) is 21.4. The second-order valence-corrected chi connectivity index (χ2v) is 4.38. The quantitative estimate of drug-likeness (QED) is 0.533. The Balaban J connectivity index is 2.01. The summed E-state index contributed by atoms with van der Waals surface area (Å²) in [6.45, 7) is 0. The predicted molar refractivity (Wildman–Crippen MR) is 55.6 cm³/mol. The third kappa shape index (κ3) is 1.78. The third-order valence-corrected chi connectivity index (χ3v) is 2.74. The zero-order chi connectivity index (χ0) is 8.39. The van der Waals surface area contributed by atoms with Crippen molar-refractivity contribution in [3.8, 4) is 0 Å². The van der Waals surface area contributed by atoms with Crippen LogP contribution in [0.25, 0.3) is 0 Å². The van der Waals surface area contributed by atoms with Gasteiger partial charge in [-0.25, -0.2) is 0 Å². The Hall–Kier alpha value is -0.560. The van der Waals surface area contributed by atoms with E-state index in [1.807, 2.05) is 0 Å². The Kier molecular flexibility index (Phi) is 2.31. The Morgan fingerprint density at radius 1 is 1.25 bits per heavy atom. The van der Waals surface area contributed by atoms with Crippen LogP contribution in [0.3, 0.4) is 0 Å². The number of allylic oxidation sites excluding steroid dienone is 2. The average molecular weight is 223 g/mol. The number of halogens is 1. The molecule has 2 rings (SSSR count). The monoisotopic (exact) mass is 222 g/mol. The Labute approximate surface area is 81.4 Å². The predicted octanol–water partition coefficient (Wildman–Crippen LogP) is 3.32. The first kappa shape index (κ1) is 8.06. The summed E-state index contributed by atoms with van der Waals surface area (Å²) in [5.74, 6) is 0. The molecule has 1 aliphatic carbocycles. The van der Waals surface area contributed by atoms with Crippen molar-refractivity contribution in [3.63, 3.8) is 0 Å². The van der Waals surface area contributed by atoms with E-state index in [0.717, 1.165) is 6.42 Å². The van der Waals surface area contributed by atoms with Crippen molar-refractivity contribution in [2.75, 3.05) is 0 Å². The van der Waals surface area contributed by atoms with Gasteiger partial charge in [0.05, 0.1) is 0 Å². The minimum Gasteiger partial charge on any atom is -0.0842 e. The van der Waals surface area contributed by atoms with Crippen LogP contribution in [-0.2, 0) is 6.42 Å². The smallest absolute Gasteiger partial charge is 0.0365 e. The maximum absolute atomic E-state index is 3.54. The van der Waals surface area contributed by atoms with E-state index in [-0.39, 0.29) is 0 Å². The molecule has 0 amide bonds. The van der Waals surface area contributed by atoms with Crippen molar-refractivity contribution < 1.29 is 0 Å². The van der Waals surface area contributed by atoms with Gasteiger partial charge in [-0.05, 0) is 18.4 Å². The number of hydrogen-bond donors (Lipinski definition) is 0. The van der Waals surface area contributed by atoms with Crippen LogP contribution < -0.4 is 0 Å². The SMILES string of the molecule is BrC1C=C(Cc2ccccc2)C1. The largest absolute Gasteiger partial charge is 0.0842 e. The van der Waals surface area contributed by atoms with Crippen molar-refractivity contribution in [2.24, 2.45) is 0 Å². The van der Waals surface area contributed by atoms with E-state index < -0.39 is 0 Å². The lowest BCUT2D eigenvalue weighted by Crippen LogP contribution is -2.10. The molecule has 0 saturated carbocycles. The van der Waals surface area contributed by atoms with E-state index >= 15 is 0 Å². The van der Waals surface area contributed by atoms with Gasteiger partial charge >= 0.3 is 0 Å². The summed E-state index contributed by atoms with van der Waals surface area (Å²) >= 11 is 3.54. The number of rotatable bonds is 2. The second kappa shape index (κ2) is 3.44. The summed E-state index contributed by atoms with van der Waals surface area (Å²) in [6.07, 6.45) is 4.64. The van der Waals surface area contributed by atoms with Crippen LogP contribution in [0.5, 0.6) is 0 Å². The fraction of sp³-hybridized carbons (Fsp3) is 0.273. The highest BCUT2D eigenvalue weighted by molar-refractivity contribution is 9.09. The van der Waals surface area contributed by atoms with Gasteiger partial charge in [0.1, 0.15) is 0 Å². The van der Waals surface area contributed by atoms with Crippen LogP contribution in [0.4, 0.5) is 0 Å². The number of hydrogen-bond acceptors (Lipinski definition) is 0. The fourth-order valence-electron chi connectivity index (χ4n) is 1.46. The van der Waals surface area contributed by atoms with E-state index in [2.05, 4.69) is 52.3 Å². The molecule has 0 aromatic heterocycles. The molecule has 1 aromatic carbocycles. The molecule has 1 unspecified atom stereocenters. The Morgan fingerprint density at radius 3 is 2.50 bits per heavy atom. The van der Waals surface area contributed by atoms with Gasteiger partial charge in [-0.1, -0.05) is 57.9 Å². The van der Waals surface area contributed by atoms with E-state index in [4.69, 9.17) is 0 Å². The molecule has 0 saturated heterocycles.